The Bertz CT molecular complexity index is 6800. The number of benzene rings is 16. The van der Waals surface area contributed by atoms with Crippen LogP contribution in [0.4, 0.5) is 34.1 Å². The largest absolute Gasteiger partial charge is 0.310 e. The van der Waals surface area contributed by atoms with Gasteiger partial charge in [0.05, 0.1) is 0 Å². The first-order valence-electron chi connectivity index (χ1n) is 44.0. The van der Waals surface area contributed by atoms with Crippen molar-refractivity contribution in [3.8, 4) is 89.0 Å². The molecule has 2 spiro atoms. The fourth-order valence-corrected chi connectivity index (χ4v) is 27.8. The van der Waals surface area contributed by atoms with Gasteiger partial charge in [0.15, 0.2) is 0 Å². The summed E-state index contributed by atoms with van der Waals surface area (Å²) in [5.74, 6) is 6.83. The van der Waals surface area contributed by atoms with Crippen molar-refractivity contribution in [3.63, 3.8) is 0 Å². The molecule has 18 aromatic rings. The molecule has 2 aromatic heterocycles. The van der Waals surface area contributed by atoms with Gasteiger partial charge >= 0.3 is 0 Å². The first-order valence-corrected chi connectivity index (χ1v) is 45.6. The molecule has 10 aliphatic rings. The molecule has 2 nitrogen and oxygen atoms in total. The van der Waals surface area contributed by atoms with Crippen molar-refractivity contribution >= 4 is 97.1 Å². The molecule has 8 fully saturated rings. The van der Waals surface area contributed by atoms with Crippen LogP contribution in [0.3, 0.4) is 0 Å². The van der Waals surface area contributed by atoms with Gasteiger partial charge in [0, 0.05) is 85.3 Å². The van der Waals surface area contributed by atoms with Crippen LogP contribution >= 0.6 is 22.7 Å². The molecule has 4 heteroatoms. The van der Waals surface area contributed by atoms with E-state index in [4.69, 9.17) is 0 Å². The molecule has 0 unspecified atom stereocenters. The summed E-state index contributed by atoms with van der Waals surface area (Å²) >= 11 is 3.83. The maximum Gasteiger partial charge on any atom is 0.0468 e. The van der Waals surface area contributed by atoms with E-state index in [0.29, 0.717) is 0 Å². The standard InChI is InChI=1S/2C58H45NS/c1-3-10-39(11-4-1)41-18-23-46(24-19-41)59(47-25-20-42(21-26-47)40-12-5-2-6-13-40)48-27-29-55-53(36-48)51-28-22-43(35-56(51)60-55)49-15-9-16-52-50-14-7-8-17-54(50)58(57(49)52)44-31-37-30-38(33-44)34-45(58)32-37;1-3-9-39(10-4-1)41-15-21-47(22-16-41)59(48-23-17-42(18-24-48)40-11-5-2-6-12-40)49-25-28-57-53(36-49)52-35-44(20-27-56(52)60-57)43-19-26-55-51(34-43)50-13-7-8-14-54(50)58(55)45-30-37-29-38(32-45)33-46(58)31-37/h1-29,35-38,44-45H,30-34H2;1-28,34-38,45-46H,29-33H2. The van der Waals surface area contributed by atoms with E-state index in [2.05, 4.69) is 386 Å². The van der Waals surface area contributed by atoms with Crippen molar-refractivity contribution in [1.29, 1.82) is 0 Å². The van der Waals surface area contributed by atoms with Crippen LogP contribution in [-0.2, 0) is 10.8 Å². The van der Waals surface area contributed by atoms with Crippen LogP contribution in [0, 0.1) is 47.3 Å². The van der Waals surface area contributed by atoms with Crippen LogP contribution < -0.4 is 9.80 Å². The number of anilines is 6. The third-order valence-electron chi connectivity index (χ3n) is 30.1. The van der Waals surface area contributed by atoms with Gasteiger partial charge in [-0.1, -0.05) is 267 Å². The second-order valence-electron chi connectivity index (χ2n) is 36.2. The average molecular weight is 1580 g/mol. The number of rotatable bonds is 12. The minimum Gasteiger partial charge on any atom is -0.310 e. The molecule has 16 aromatic carbocycles. The van der Waals surface area contributed by atoms with Gasteiger partial charge in [-0.3, -0.25) is 0 Å². The summed E-state index contributed by atoms with van der Waals surface area (Å²) in [6.07, 6.45) is 14.2. The monoisotopic (exact) mass is 1570 g/mol. The molecular weight excluding hydrogens is 1490 g/mol. The Morgan fingerprint density at radius 1 is 0.192 bits per heavy atom. The minimum absolute atomic E-state index is 0.141. The number of fused-ring (bicyclic) bond motifs is 12. The highest BCUT2D eigenvalue weighted by molar-refractivity contribution is 7.26. The molecule has 0 aliphatic heterocycles. The summed E-state index contributed by atoms with van der Waals surface area (Å²) < 4.78 is 5.33. The van der Waals surface area contributed by atoms with Crippen LogP contribution in [0.5, 0.6) is 0 Å². The Balaban J connectivity index is 0.000000133. The predicted molar refractivity (Wildman–Crippen MR) is 507 cm³/mol. The molecular formula is C116H90N2S2. The number of hydrogen-bond donors (Lipinski definition) is 0. The lowest BCUT2D eigenvalue weighted by Gasteiger charge is -2.61. The number of hydrogen-bond acceptors (Lipinski definition) is 4. The van der Waals surface area contributed by atoms with E-state index in [0.717, 1.165) is 81.5 Å². The van der Waals surface area contributed by atoms with Gasteiger partial charge in [-0.15, -0.1) is 22.7 Å². The second-order valence-corrected chi connectivity index (χ2v) is 38.4. The summed E-state index contributed by atoms with van der Waals surface area (Å²) in [4.78, 5) is 4.82. The van der Waals surface area contributed by atoms with Crippen molar-refractivity contribution in [2.24, 2.45) is 47.3 Å². The average Bonchev–Trinajstić information content (AvgIpc) is 1.49. The van der Waals surface area contributed by atoms with Crippen LogP contribution in [0.25, 0.3) is 129 Å². The molecule has 8 saturated carbocycles. The van der Waals surface area contributed by atoms with E-state index in [1.165, 1.54) is 194 Å². The van der Waals surface area contributed by atoms with E-state index >= 15 is 0 Å². The lowest BCUT2D eigenvalue weighted by atomic mass is 9.42. The third-order valence-corrected chi connectivity index (χ3v) is 32.4. The Morgan fingerprint density at radius 2 is 0.508 bits per heavy atom. The van der Waals surface area contributed by atoms with Gasteiger partial charge in [-0.25, -0.2) is 0 Å². The van der Waals surface area contributed by atoms with Crippen LogP contribution in [0.1, 0.15) is 86.5 Å². The Morgan fingerprint density at radius 3 is 0.975 bits per heavy atom. The maximum atomic E-state index is 2.56. The summed E-state index contributed by atoms with van der Waals surface area (Å²) in [6.45, 7) is 0. The minimum atomic E-state index is 0.141. The highest BCUT2D eigenvalue weighted by Crippen LogP contribution is 2.72. The van der Waals surface area contributed by atoms with Gasteiger partial charge in [0.1, 0.15) is 0 Å². The van der Waals surface area contributed by atoms with Gasteiger partial charge < -0.3 is 9.80 Å². The highest BCUT2D eigenvalue weighted by atomic mass is 32.1. The lowest BCUT2D eigenvalue weighted by Crippen LogP contribution is -2.55. The Hall–Kier alpha value is -12.4. The van der Waals surface area contributed by atoms with E-state index in [1.54, 1.807) is 22.3 Å². The molecule has 0 atom stereocenters. The topological polar surface area (TPSA) is 6.48 Å². The number of nitrogens with zero attached hydrogens (tertiary/aromatic N) is 2. The van der Waals surface area contributed by atoms with Crippen molar-refractivity contribution in [3.05, 3.63) is 398 Å². The lowest BCUT2D eigenvalue weighted by molar-refractivity contribution is -0.0399. The van der Waals surface area contributed by atoms with Crippen LogP contribution in [0.15, 0.2) is 376 Å². The van der Waals surface area contributed by atoms with E-state index in [1.807, 2.05) is 22.7 Å². The molecule has 0 saturated heterocycles. The van der Waals surface area contributed by atoms with Gasteiger partial charge in [-0.2, -0.15) is 0 Å². The predicted octanol–water partition coefficient (Wildman–Crippen LogP) is 32.5. The zero-order valence-electron chi connectivity index (χ0n) is 67.2. The smallest absolute Gasteiger partial charge is 0.0468 e. The van der Waals surface area contributed by atoms with Crippen LogP contribution in [0.2, 0.25) is 0 Å². The van der Waals surface area contributed by atoms with Crippen molar-refractivity contribution in [2.75, 3.05) is 9.80 Å². The van der Waals surface area contributed by atoms with Gasteiger partial charge in [-0.05, 0) is 332 Å². The van der Waals surface area contributed by atoms with Crippen molar-refractivity contribution < 1.29 is 0 Å². The van der Waals surface area contributed by atoms with Crippen molar-refractivity contribution in [1.82, 2.24) is 0 Å². The normalized spacial score (nSPS) is 22.1. The molecule has 10 aliphatic carbocycles. The van der Waals surface area contributed by atoms with Crippen molar-refractivity contribution in [2.45, 2.75) is 75.0 Å². The quantitative estimate of drug-likeness (QED) is 0.120. The zero-order chi connectivity index (χ0) is 78.7. The summed E-state index contributed by atoms with van der Waals surface area (Å²) in [6, 6.07) is 141. The molecule has 28 rings (SSSR count). The zero-order valence-corrected chi connectivity index (χ0v) is 68.8. The molecule has 0 radical (unpaired) electrons. The fraction of sp³-hybridized carbons (Fsp3) is 0.172. The maximum absolute atomic E-state index is 2.56. The van der Waals surface area contributed by atoms with Gasteiger partial charge in [0.25, 0.3) is 0 Å². The van der Waals surface area contributed by atoms with E-state index in [9.17, 15) is 0 Å². The molecule has 0 N–H and O–H groups in total. The first kappa shape index (κ1) is 70.6. The fourth-order valence-electron chi connectivity index (χ4n) is 25.6. The number of thiophene rings is 2. The van der Waals surface area contributed by atoms with Crippen LogP contribution in [-0.4, -0.2) is 0 Å². The summed E-state index contributed by atoms with van der Waals surface area (Å²) in [7, 11) is 0. The molecule has 0 amide bonds. The van der Waals surface area contributed by atoms with E-state index < -0.39 is 0 Å². The molecule has 120 heavy (non-hydrogen) atoms. The first-order chi connectivity index (χ1) is 59.4. The summed E-state index contributed by atoms with van der Waals surface area (Å²) in [5.41, 5.74) is 34.9. The van der Waals surface area contributed by atoms with Gasteiger partial charge in [0.2, 0.25) is 0 Å². The third kappa shape index (κ3) is 11.2. The van der Waals surface area contributed by atoms with E-state index in [-0.39, 0.29) is 10.8 Å². The highest BCUT2D eigenvalue weighted by Gasteiger charge is 2.63. The molecule has 2 heterocycles. The second kappa shape index (κ2) is 28.1. The SMILES string of the molecule is c1ccc(-c2ccc(N(c3ccc(-c4ccccc4)cc3)c3ccc4sc5cc(-c6cccc7c6C6(c8ccccc8-7)C7CC8CC(C7)CC6C8)ccc5c4c3)cc2)cc1.c1ccc(-c2ccc(N(c3ccc(-c4ccccc4)cc3)c3ccc4sc5ccc(-c6ccc7c(c6)-c6ccccc6C76C7CC8CC(C7)CC6C8)cc5c4c3)cc2)cc1. The summed E-state index contributed by atoms with van der Waals surface area (Å²) in [5, 5.41) is 5.28. The Kier molecular flexibility index (Phi) is 16.5. The Labute approximate surface area is 711 Å². The molecule has 576 valence electrons. The molecule has 8 bridgehead atoms.